The molecule has 0 saturated heterocycles. The van der Waals surface area contributed by atoms with Crippen molar-refractivity contribution in [2.24, 2.45) is 0 Å². The molecule has 4 aromatic rings. The summed E-state index contributed by atoms with van der Waals surface area (Å²) in [4.78, 5) is 26.0. The van der Waals surface area contributed by atoms with E-state index < -0.39 is 5.91 Å². The number of benzene rings is 1. The molecule has 3 heterocycles. The Labute approximate surface area is 161 Å². The fourth-order valence-corrected chi connectivity index (χ4v) is 3.28. The van der Waals surface area contributed by atoms with Crippen LogP contribution in [0.2, 0.25) is 0 Å². The highest BCUT2D eigenvalue weighted by atomic mass is 16.6. The lowest BCUT2D eigenvalue weighted by Crippen LogP contribution is -2.25. The minimum absolute atomic E-state index is 0.298. The quantitative estimate of drug-likeness (QED) is 0.529. The number of carbonyl (C=O) groups excluding carboxylic acids is 1. The topological polar surface area (TPSA) is 113 Å². The molecule has 0 aliphatic rings. The Balaban J connectivity index is 2.13. The molecule has 9 nitrogen and oxygen atoms in total. The van der Waals surface area contributed by atoms with Crippen molar-refractivity contribution in [1.29, 1.82) is 0 Å². The van der Waals surface area contributed by atoms with Gasteiger partial charge >= 0.3 is 0 Å². The maximum Gasteiger partial charge on any atom is 0.291 e. The van der Waals surface area contributed by atoms with Gasteiger partial charge in [-0.15, -0.1) is 0 Å². The van der Waals surface area contributed by atoms with Gasteiger partial charge in [-0.1, -0.05) is 18.2 Å². The number of para-hydroxylation sites is 1. The summed E-state index contributed by atoms with van der Waals surface area (Å²) in [5.41, 5.74) is 10.0. The fraction of sp³-hybridized carbons (Fsp3) is 0.263. The number of amides is 1. The predicted octanol–water partition coefficient (Wildman–Crippen LogP) is 2.40. The van der Waals surface area contributed by atoms with Gasteiger partial charge in [-0.3, -0.25) is 14.2 Å². The summed E-state index contributed by atoms with van der Waals surface area (Å²) < 4.78 is 3.55. The summed E-state index contributed by atoms with van der Waals surface area (Å²) >= 11 is 0. The van der Waals surface area contributed by atoms with E-state index in [0.717, 1.165) is 10.9 Å². The van der Waals surface area contributed by atoms with Gasteiger partial charge in [0, 0.05) is 5.39 Å². The van der Waals surface area contributed by atoms with Crippen LogP contribution in [-0.4, -0.2) is 37.3 Å². The van der Waals surface area contributed by atoms with E-state index in [0.29, 0.717) is 28.4 Å². The molecule has 0 fully saturated rings. The van der Waals surface area contributed by atoms with Gasteiger partial charge in [-0.25, -0.2) is 20.1 Å². The van der Waals surface area contributed by atoms with Crippen LogP contribution in [0.5, 0.6) is 0 Å². The van der Waals surface area contributed by atoms with Gasteiger partial charge in [0.1, 0.15) is 23.2 Å². The van der Waals surface area contributed by atoms with Crippen molar-refractivity contribution < 1.29 is 9.63 Å². The Bertz CT molecular complexity index is 1200. The molecule has 0 aliphatic carbocycles. The molecule has 0 aliphatic heterocycles. The molecule has 144 valence electrons. The molecule has 0 radical (unpaired) electrons. The average Bonchev–Trinajstić information content (AvgIpc) is 3.21. The molecular weight excluding hydrogens is 358 g/mol. The molecule has 1 aromatic carbocycles. The Morgan fingerprint density at radius 1 is 1.21 bits per heavy atom. The minimum atomic E-state index is -0.396. The first-order chi connectivity index (χ1) is 13.3. The second kappa shape index (κ2) is 6.31. The Morgan fingerprint density at radius 2 is 1.96 bits per heavy atom. The Morgan fingerprint density at radius 3 is 2.68 bits per heavy atom. The number of hydrogen-bond acceptors (Lipinski definition) is 6. The number of carbonyl (C=O) groups is 1. The molecule has 0 unspecified atom stereocenters. The van der Waals surface area contributed by atoms with Crippen molar-refractivity contribution in [3.8, 4) is 5.82 Å². The van der Waals surface area contributed by atoms with Crippen LogP contribution in [0, 0.1) is 0 Å². The summed E-state index contributed by atoms with van der Waals surface area (Å²) in [5, 5.41) is 6.27. The third-order valence-corrected chi connectivity index (χ3v) is 4.46. The maximum atomic E-state index is 12.7. The normalized spacial score (nSPS) is 12.0. The maximum absolute atomic E-state index is 12.7. The first-order valence-electron chi connectivity index (χ1n) is 8.77. The number of rotatable bonds is 3. The van der Waals surface area contributed by atoms with Crippen LogP contribution >= 0.6 is 0 Å². The van der Waals surface area contributed by atoms with E-state index in [-0.39, 0.29) is 5.54 Å². The summed E-state index contributed by atoms with van der Waals surface area (Å²) in [6.07, 6.45) is 1.41. The van der Waals surface area contributed by atoms with E-state index >= 15 is 0 Å². The van der Waals surface area contributed by atoms with Crippen molar-refractivity contribution in [2.45, 2.75) is 26.3 Å². The number of nitrogens with one attached hydrogen (secondary N) is 1. The van der Waals surface area contributed by atoms with Gasteiger partial charge in [-0.2, -0.15) is 5.10 Å². The van der Waals surface area contributed by atoms with Gasteiger partial charge in [-0.05, 0) is 32.9 Å². The van der Waals surface area contributed by atoms with Crippen LogP contribution in [0.1, 0.15) is 31.3 Å². The summed E-state index contributed by atoms with van der Waals surface area (Å²) in [7, 11) is 1.39. The zero-order chi connectivity index (χ0) is 20.1. The van der Waals surface area contributed by atoms with Crippen LogP contribution in [0.15, 0.2) is 36.7 Å². The van der Waals surface area contributed by atoms with E-state index in [4.69, 9.17) is 15.7 Å². The van der Waals surface area contributed by atoms with E-state index in [9.17, 15) is 4.79 Å². The zero-order valence-corrected chi connectivity index (χ0v) is 16.1. The van der Waals surface area contributed by atoms with Gasteiger partial charge < -0.3 is 5.73 Å². The van der Waals surface area contributed by atoms with E-state index in [1.54, 1.807) is 15.3 Å². The second-order valence-electron chi connectivity index (χ2n) is 7.42. The van der Waals surface area contributed by atoms with Crippen LogP contribution < -0.4 is 11.2 Å². The molecule has 3 N–H and O–H groups in total. The van der Waals surface area contributed by atoms with Crippen LogP contribution in [0.4, 0.5) is 5.82 Å². The molecule has 1 amide bonds. The lowest BCUT2D eigenvalue weighted by molar-refractivity contribution is 0.0531. The van der Waals surface area contributed by atoms with Gasteiger partial charge in [0.15, 0.2) is 11.5 Å². The van der Waals surface area contributed by atoms with Gasteiger partial charge in [0.05, 0.1) is 18.2 Å². The molecule has 3 aromatic heterocycles. The number of anilines is 1. The SMILES string of the molecule is CONC(=O)c1cc2ccccc2n1-c1nn(C(C)(C)C)c2ncnc(N)c12. The number of nitrogen functional groups attached to an aromatic ring is 1. The third kappa shape index (κ3) is 2.67. The number of hydrogen-bond donors (Lipinski definition) is 2. The summed E-state index contributed by atoms with van der Waals surface area (Å²) in [6, 6.07) is 9.44. The van der Waals surface area contributed by atoms with Crippen LogP contribution in [0.25, 0.3) is 27.8 Å². The van der Waals surface area contributed by atoms with E-state index in [2.05, 4.69) is 15.4 Å². The smallest absolute Gasteiger partial charge is 0.291 e. The van der Waals surface area contributed by atoms with Crippen molar-refractivity contribution in [2.75, 3.05) is 12.8 Å². The van der Waals surface area contributed by atoms with Crippen molar-refractivity contribution in [3.05, 3.63) is 42.4 Å². The average molecular weight is 379 g/mol. The van der Waals surface area contributed by atoms with E-state index in [1.807, 2.05) is 45.0 Å². The summed E-state index contributed by atoms with van der Waals surface area (Å²) in [5.74, 6) is 0.393. The zero-order valence-electron chi connectivity index (χ0n) is 16.1. The first-order valence-corrected chi connectivity index (χ1v) is 8.77. The number of nitrogens with two attached hydrogens (primary N) is 1. The van der Waals surface area contributed by atoms with Crippen molar-refractivity contribution in [1.82, 2.24) is 29.8 Å². The molecule has 0 atom stereocenters. The van der Waals surface area contributed by atoms with E-state index in [1.165, 1.54) is 13.4 Å². The minimum Gasteiger partial charge on any atom is -0.383 e. The Kier molecular flexibility index (Phi) is 4.04. The Hall–Kier alpha value is -3.46. The highest BCUT2D eigenvalue weighted by Gasteiger charge is 2.27. The van der Waals surface area contributed by atoms with Crippen molar-refractivity contribution in [3.63, 3.8) is 0 Å². The highest BCUT2D eigenvalue weighted by Crippen LogP contribution is 2.32. The number of hydroxylamine groups is 1. The monoisotopic (exact) mass is 379 g/mol. The highest BCUT2D eigenvalue weighted by molar-refractivity contribution is 6.02. The molecule has 0 spiro atoms. The predicted molar refractivity (Wildman–Crippen MR) is 106 cm³/mol. The largest absolute Gasteiger partial charge is 0.383 e. The van der Waals surface area contributed by atoms with Crippen molar-refractivity contribution >= 4 is 33.7 Å². The molecule has 0 bridgehead atoms. The molecule has 4 rings (SSSR count). The summed E-state index contributed by atoms with van der Waals surface area (Å²) in [6.45, 7) is 6.06. The first kappa shape index (κ1) is 17.9. The number of nitrogens with zero attached hydrogens (tertiary/aromatic N) is 5. The van der Waals surface area contributed by atoms with Gasteiger partial charge in [0.25, 0.3) is 5.91 Å². The molecule has 0 saturated carbocycles. The standard InChI is InChI=1S/C19H21N7O2/c1-19(2,3)26-16-14(15(20)21-10-22-16)17(23-26)25-12-8-6-5-7-11(12)9-13(25)18(27)24-28-4/h5-10H,1-4H3,(H,24,27)(H2,20,21,22). The second-order valence-corrected chi connectivity index (χ2v) is 7.42. The molecular formula is C19H21N7O2. The lowest BCUT2D eigenvalue weighted by Gasteiger charge is -2.19. The third-order valence-electron chi connectivity index (χ3n) is 4.46. The number of aromatic nitrogens is 5. The van der Waals surface area contributed by atoms with Gasteiger partial charge in [0.2, 0.25) is 0 Å². The van der Waals surface area contributed by atoms with Crippen LogP contribution in [-0.2, 0) is 10.4 Å². The fourth-order valence-electron chi connectivity index (χ4n) is 3.28. The molecule has 9 heteroatoms. The number of fused-ring (bicyclic) bond motifs is 2. The lowest BCUT2D eigenvalue weighted by atomic mass is 10.1. The molecule has 28 heavy (non-hydrogen) atoms. The van der Waals surface area contributed by atoms with Crippen LogP contribution in [0.3, 0.4) is 0 Å².